The van der Waals surface area contributed by atoms with Gasteiger partial charge in [-0.05, 0) is 50.1 Å². The number of aliphatic hydroxyl groups is 1. The van der Waals surface area contributed by atoms with E-state index in [-0.39, 0.29) is 6.04 Å². The van der Waals surface area contributed by atoms with E-state index in [1.165, 1.54) is 0 Å². The van der Waals surface area contributed by atoms with Crippen molar-refractivity contribution in [2.24, 2.45) is 0 Å². The van der Waals surface area contributed by atoms with Crippen LogP contribution in [0.25, 0.3) is 16.7 Å². The zero-order valence-corrected chi connectivity index (χ0v) is 16.9. The van der Waals surface area contributed by atoms with Crippen LogP contribution in [0.1, 0.15) is 63.2 Å². The van der Waals surface area contributed by atoms with Crippen LogP contribution < -0.4 is 5.32 Å². The summed E-state index contributed by atoms with van der Waals surface area (Å²) in [6.07, 6.45) is 3.67. The van der Waals surface area contributed by atoms with Gasteiger partial charge in [0.1, 0.15) is 10.7 Å². The summed E-state index contributed by atoms with van der Waals surface area (Å²) in [4.78, 5) is 8.79. The molecule has 0 radical (unpaired) electrons. The van der Waals surface area contributed by atoms with Crippen LogP contribution in [0.3, 0.4) is 0 Å². The number of hydrogen-bond acceptors (Lipinski definition) is 5. The fraction of sp³-hybridized carbons (Fsp3) is 0.333. The summed E-state index contributed by atoms with van der Waals surface area (Å²) in [5.74, 6) is 0.505. The summed E-state index contributed by atoms with van der Waals surface area (Å²) < 4.78 is 5.94. The molecule has 1 aromatic carbocycles. The lowest BCUT2D eigenvalue weighted by Gasteiger charge is -2.22. The summed E-state index contributed by atoms with van der Waals surface area (Å²) >= 11 is 6.09. The Morgan fingerprint density at radius 1 is 1.22 bits per heavy atom. The molecule has 1 unspecified atom stereocenters. The first-order valence-electron chi connectivity index (χ1n) is 9.09. The van der Waals surface area contributed by atoms with Gasteiger partial charge in [-0.15, -0.1) is 0 Å². The standard InChI is InChI=1S/C19H18ClN3O2.C2H6/c1-10-13-8-22-17(20)7-12(13)14(9-21-10)18-23-15-6-11(19(2,3)24)4-5-16(15)25-18;1-2/h4-10,21,24H,1-3H3;1-2H3. The van der Waals surface area contributed by atoms with Crippen molar-refractivity contribution in [3.63, 3.8) is 0 Å². The third-order valence-corrected chi connectivity index (χ3v) is 4.67. The molecule has 142 valence electrons. The molecule has 0 spiro atoms. The number of rotatable bonds is 2. The number of benzene rings is 1. The van der Waals surface area contributed by atoms with Crippen molar-refractivity contribution in [3.8, 4) is 0 Å². The second kappa shape index (κ2) is 7.33. The Morgan fingerprint density at radius 3 is 2.67 bits per heavy atom. The molecule has 0 bridgehead atoms. The number of nitrogens with zero attached hydrogens (tertiary/aromatic N) is 2. The summed E-state index contributed by atoms with van der Waals surface area (Å²) in [5.41, 5.74) is 4.07. The van der Waals surface area contributed by atoms with Crippen molar-refractivity contribution >= 4 is 28.3 Å². The van der Waals surface area contributed by atoms with Gasteiger partial charge in [-0.2, -0.15) is 0 Å². The van der Waals surface area contributed by atoms with Gasteiger partial charge in [-0.25, -0.2) is 9.97 Å². The van der Waals surface area contributed by atoms with Crippen LogP contribution in [-0.4, -0.2) is 15.1 Å². The van der Waals surface area contributed by atoms with Crippen molar-refractivity contribution in [2.75, 3.05) is 0 Å². The second-order valence-electron chi connectivity index (χ2n) is 6.80. The molecular weight excluding hydrogens is 362 g/mol. The molecule has 0 saturated heterocycles. The summed E-state index contributed by atoms with van der Waals surface area (Å²) in [7, 11) is 0. The largest absolute Gasteiger partial charge is 0.436 e. The smallest absolute Gasteiger partial charge is 0.229 e. The maximum Gasteiger partial charge on any atom is 0.229 e. The van der Waals surface area contributed by atoms with E-state index in [1.54, 1.807) is 20.0 Å². The molecular formula is C21H24ClN3O2. The van der Waals surface area contributed by atoms with Crippen molar-refractivity contribution < 1.29 is 9.52 Å². The average Bonchev–Trinajstić information content (AvgIpc) is 3.05. The van der Waals surface area contributed by atoms with Crippen LogP contribution >= 0.6 is 11.6 Å². The average molecular weight is 386 g/mol. The minimum Gasteiger partial charge on any atom is -0.436 e. The molecule has 1 aliphatic rings. The molecule has 5 nitrogen and oxygen atoms in total. The maximum absolute atomic E-state index is 10.2. The molecule has 1 aliphatic heterocycles. The molecule has 2 aromatic heterocycles. The molecule has 0 fully saturated rings. The van der Waals surface area contributed by atoms with Gasteiger partial charge >= 0.3 is 0 Å². The van der Waals surface area contributed by atoms with Gasteiger partial charge in [-0.3, -0.25) is 0 Å². The Kier molecular flexibility index (Phi) is 5.27. The van der Waals surface area contributed by atoms with Gasteiger partial charge in [0, 0.05) is 18.0 Å². The van der Waals surface area contributed by atoms with Crippen LogP contribution in [0, 0.1) is 0 Å². The molecule has 27 heavy (non-hydrogen) atoms. The van der Waals surface area contributed by atoms with Gasteiger partial charge in [0.05, 0.1) is 17.2 Å². The highest BCUT2D eigenvalue weighted by molar-refractivity contribution is 6.29. The van der Waals surface area contributed by atoms with Crippen LogP contribution in [0.15, 0.2) is 41.1 Å². The van der Waals surface area contributed by atoms with Crippen LogP contribution in [0.5, 0.6) is 0 Å². The fourth-order valence-electron chi connectivity index (χ4n) is 2.99. The summed E-state index contributed by atoms with van der Waals surface area (Å²) in [6, 6.07) is 7.50. The maximum atomic E-state index is 10.2. The van der Waals surface area contributed by atoms with Crippen molar-refractivity contribution in [1.82, 2.24) is 15.3 Å². The number of oxazole rings is 1. The van der Waals surface area contributed by atoms with E-state index in [4.69, 9.17) is 16.0 Å². The zero-order chi connectivity index (χ0) is 19.8. The Morgan fingerprint density at radius 2 is 1.96 bits per heavy atom. The van der Waals surface area contributed by atoms with Gasteiger partial charge in [0.25, 0.3) is 0 Å². The van der Waals surface area contributed by atoms with Gasteiger partial charge < -0.3 is 14.8 Å². The first-order valence-corrected chi connectivity index (χ1v) is 9.46. The molecule has 4 rings (SSSR count). The molecule has 3 heterocycles. The van der Waals surface area contributed by atoms with Gasteiger partial charge in [-0.1, -0.05) is 31.5 Å². The normalized spacial score (nSPS) is 16.1. The third kappa shape index (κ3) is 3.70. The number of pyridine rings is 1. The van der Waals surface area contributed by atoms with Gasteiger partial charge in [0.2, 0.25) is 5.89 Å². The summed E-state index contributed by atoms with van der Waals surface area (Å²) in [6.45, 7) is 9.55. The van der Waals surface area contributed by atoms with Crippen molar-refractivity contribution in [2.45, 2.75) is 46.3 Å². The lowest BCUT2D eigenvalue weighted by atomic mass is 9.95. The fourth-order valence-corrected chi connectivity index (χ4v) is 3.15. The number of aromatic nitrogens is 2. The van der Waals surface area contributed by atoms with Crippen LogP contribution in [0.2, 0.25) is 5.15 Å². The van der Waals surface area contributed by atoms with Crippen molar-refractivity contribution in [1.29, 1.82) is 0 Å². The Labute approximate surface area is 164 Å². The highest BCUT2D eigenvalue weighted by atomic mass is 35.5. The van der Waals surface area contributed by atoms with Gasteiger partial charge in [0.15, 0.2) is 5.58 Å². The molecule has 2 N–H and O–H groups in total. The quantitative estimate of drug-likeness (QED) is 0.594. The Hall–Kier alpha value is -2.37. The first kappa shape index (κ1) is 19.4. The van der Waals surface area contributed by atoms with E-state index < -0.39 is 5.60 Å². The molecule has 6 heteroatoms. The van der Waals surface area contributed by atoms with E-state index in [1.807, 2.05) is 44.3 Å². The number of hydrogen-bond donors (Lipinski definition) is 2. The molecule has 1 atom stereocenters. The molecule has 0 saturated carbocycles. The SMILES string of the molecule is CC.CC1NC=C(c2nc3cc(C(C)(C)O)ccc3o2)c2cc(Cl)ncc21. The topological polar surface area (TPSA) is 71.2 Å². The Bertz CT molecular complexity index is 1000. The zero-order valence-electron chi connectivity index (χ0n) is 16.2. The van der Waals surface area contributed by atoms with E-state index in [2.05, 4.69) is 22.2 Å². The predicted molar refractivity (Wildman–Crippen MR) is 108 cm³/mol. The predicted octanol–water partition coefficient (Wildman–Crippen LogP) is 5.18. The van der Waals surface area contributed by atoms with E-state index in [0.29, 0.717) is 22.1 Å². The lowest BCUT2D eigenvalue weighted by molar-refractivity contribution is 0.0787. The highest BCUT2D eigenvalue weighted by Gasteiger charge is 2.24. The Balaban J connectivity index is 0.00000102. The van der Waals surface area contributed by atoms with Crippen LogP contribution in [-0.2, 0) is 5.60 Å². The third-order valence-electron chi connectivity index (χ3n) is 4.46. The number of nitrogens with one attached hydrogen (secondary N) is 1. The number of fused-ring (bicyclic) bond motifs is 2. The molecule has 0 aliphatic carbocycles. The monoisotopic (exact) mass is 385 g/mol. The van der Waals surface area contributed by atoms with E-state index >= 15 is 0 Å². The summed E-state index contributed by atoms with van der Waals surface area (Å²) in [5, 5.41) is 13.9. The number of halogens is 1. The minimum absolute atomic E-state index is 0.134. The highest BCUT2D eigenvalue weighted by Crippen LogP contribution is 2.35. The van der Waals surface area contributed by atoms with E-state index in [0.717, 1.165) is 22.3 Å². The van der Waals surface area contributed by atoms with E-state index in [9.17, 15) is 5.11 Å². The van der Waals surface area contributed by atoms with Crippen LogP contribution in [0.4, 0.5) is 0 Å². The van der Waals surface area contributed by atoms with Crippen molar-refractivity contribution in [3.05, 3.63) is 64.4 Å². The molecule has 3 aromatic rings. The lowest BCUT2D eigenvalue weighted by Crippen LogP contribution is -2.19. The first-order chi connectivity index (χ1) is 12.8. The second-order valence-corrected chi connectivity index (χ2v) is 7.19. The molecule has 0 amide bonds. The minimum atomic E-state index is -0.930.